The summed E-state index contributed by atoms with van der Waals surface area (Å²) in [6.45, 7) is 0. The van der Waals surface area contributed by atoms with Gasteiger partial charge in [0.15, 0.2) is 0 Å². The van der Waals surface area contributed by atoms with Gasteiger partial charge < -0.3 is 18.9 Å². The fourth-order valence-corrected chi connectivity index (χ4v) is 16.4. The number of halogens is 4. The highest BCUT2D eigenvalue weighted by Crippen LogP contribution is 2.52. The molecule has 0 spiro atoms. The van der Waals surface area contributed by atoms with Crippen molar-refractivity contribution in [2.24, 2.45) is 0 Å². The lowest BCUT2D eigenvalue weighted by molar-refractivity contribution is 0.628. The molecule has 0 aliphatic rings. The summed E-state index contributed by atoms with van der Waals surface area (Å²) in [5.74, 6) is -1.21. The van der Waals surface area contributed by atoms with Gasteiger partial charge in [0.1, 0.15) is 23.3 Å². The van der Waals surface area contributed by atoms with E-state index in [9.17, 15) is 13.2 Å². The third-order valence-electron chi connectivity index (χ3n) is 20.9. The molecule has 20 rings (SSSR count). The molecule has 18 aromatic carbocycles. The molecule has 0 amide bonds. The second-order valence-electron chi connectivity index (χ2n) is 27.2. The standard InChI is InChI=1S/2C50H32F2N2/c51-35-16-11-14-33(30-35)48-41-23-7-8-24-42(41)49(34-15-12-17-36(52)31-34)50-43(48)25-13-27-47(50)53(37-18-3-1-4-19-37)39-28-29-46-44(32-39)40-22-9-10-26-45(40)54(46)38-20-5-2-6-21-38;51-35-15-11-13-33(29-35)49-42-22-7-8-23-43(42)50(34-14-12-16-36(52)30-34)46-32-39(25-27-44(46)49)53(37-17-3-1-4-18-37)40-26-28-48-45(31-40)41-21-9-10-24-47(41)54(48)38-19-5-2-6-20-38/h2*1-32H. The summed E-state index contributed by atoms with van der Waals surface area (Å²) in [7, 11) is 0. The van der Waals surface area contributed by atoms with Crippen molar-refractivity contribution in [3.8, 4) is 55.9 Å². The number of nitrogens with zero attached hydrogens (tertiary/aromatic N) is 4. The molecule has 0 saturated carbocycles. The van der Waals surface area contributed by atoms with Gasteiger partial charge in [0.05, 0.1) is 27.8 Å². The first-order valence-electron chi connectivity index (χ1n) is 36.1. The van der Waals surface area contributed by atoms with E-state index in [2.05, 4.69) is 249 Å². The molecule has 20 aromatic rings. The molecule has 2 aromatic heterocycles. The lowest BCUT2D eigenvalue weighted by atomic mass is 9.85. The highest BCUT2D eigenvalue weighted by molar-refractivity contribution is 6.26. The van der Waals surface area contributed by atoms with Crippen LogP contribution in [0.2, 0.25) is 0 Å². The van der Waals surface area contributed by atoms with Crippen molar-refractivity contribution in [3.05, 3.63) is 412 Å². The molecular weight excluding hydrogens is 1330 g/mol. The molecule has 0 bridgehead atoms. The van der Waals surface area contributed by atoms with Crippen molar-refractivity contribution >= 4 is 121 Å². The normalized spacial score (nSPS) is 11.5. The fraction of sp³-hybridized carbons (Fsp3) is 0. The van der Waals surface area contributed by atoms with Crippen LogP contribution in [0.4, 0.5) is 51.7 Å². The Morgan fingerprint density at radius 1 is 0.185 bits per heavy atom. The van der Waals surface area contributed by atoms with Gasteiger partial charge in [-0.3, -0.25) is 0 Å². The Hall–Kier alpha value is -14.1. The summed E-state index contributed by atoms with van der Waals surface area (Å²) in [5.41, 5.74) is 19.3. The minimum atomic E-state index is -0.309. The van der Waals surface area contributed by atoms with Crippen LogP contribution in [0.3, 0.4) is 0 Å². The van der Waals surface area contributed by atoms with E-state index in [0.717, 1.165) is 171 Å². The molecule has 0 atom stereocenters. The van der Waals surface area contributed by atoms with Gasteiger partial charge in [0, 0.05) is 66.7 Å². The van der Waals surface area contributed by atoms with Gasteiger partial charge in [-0.15, -0.1) is 0 Å². The van der Waals surface area contributed by atoms with Crippen LogP contribution in [0.25, 0.3) is 143 Å². The summed E-state index contributed by atoms with van der Waals surface area (Å²) in [4.78, 5) is 4.57. The average Bonchev–Trinajstić information content (AvgIpc) is 0.944. The van der Waals surface area contributed by atoms with Gasteiger partial charge in [-0.25, -0.2) is 17.6 Å². The summed E-state index contributed by atoms with van der Waals surface area (Å²) in [6, 6.07) is 128. The zero-order valence-electron chi connectivity index (χ0n) is 58.3. The van der Waals surface area contributed by atoms with E-state index in [0.29, 0.717) is 0 Å². The second kappa shape index (κ2) is 27.2. The van der Waals surface area contributed by atoms with Crippen LogP contribution in [0.15, 0.2) is 388 Å². The minimum Gasteiger partial charge on any atom is -0.310 e. The van der Waals surface area contributed by atoms with Crippen LogP contribution in [-0.2, 0) is 0 Å². The van der Waals surface area contributed by atoms with Gasteiger partial charge in [0.25, 0.3) is 0 Å². The van der Waals surface area contributed by atoms with Crippen LogP contribution in [0.5, 0.6) is 0 Å². The Kier molecular flexibility index (Phi) is 16.3. The zero-order chi connectivity index (χ0) is 72.3. The molecule has 0 radical (unpaired) electrons. The largest absolute Gasteiger partial charge is 0.310 e. The van der Waals surface area contributed by atoms with E-state index >= 15 is 4.39 Å². The van der Waals surface area contributed by atoms with E-state index in [4.69, 9.17) is 0 Å². The summed E-state index contributed by atoms with van der Waals surface area (Å²) < 4.78 is 64.6. The van der Waals surface area contributed by atoms with Crippen LogP contribution in [0.1, 0.15) is 0 Å². The van der Waals surface area contributed by atoms with E-state index in [1.54, 1.807) is 48.5 Å². The van der Waals surface area contributed by atoms with E-state index in [-0.39, 0.29) is 23.3 Å². The monoisotopic (exact) mass is 1400 g/mol. The second-order valence-corrected chi connectivity index (χ2v) is 27.2. The molecule has 0 aliphatic heterocycles. The number of benzene rings is 18. The number of hydrogen-bond donors (Lipinski definition) is 0. The quantitative estimate of drug-likeness (QED) is 0.0895. The SMILES string of the molecule is Fc1cccc(-c2c3ccccc3c(-c3cccc(F)c3)c3c(N(c4ccccc4)c4ccc5c(c4)c4ccccc4n5-c4ccccc4)cccc23)c1.Fc1cccc(-c2c3ccccc3c(-c3cccc(F)c3)c3cc(N(c4ccccc4)c4ccc5c(c4)c4ccccc4n5-c4ccccc4)ccc23)c1. The summed E-state index contributed by atoms with van der Waals surface area (Å²) in [5, 5.41) is 12.2. The average molecular weight is 1400 g/mol. The maximum atomic E-state index is 15.2. The lowest BCUT2D eigenvalue weighted by Crippen LogP contribution is -2.11. The molecule has 0 aliphatic carbocycles. The van der Waals surface area contributed by atoms with Crippen molar-refractivity contribution in [1.82, 2.24) is 9.13 Å². The zero-order valence-corrected chi connectivity index (χ0v) is 58.3. The van der Waals surface area contributed by atoms with Gasteiger partial charge in [-0.1, -0.05) is 224 Å². The summed E-state index contributed by atoms with van der Waals surface area (Å²) in [6.07, 6.45) is 0. The molecule has 512 valence electrons. The van der Waals surface area contributed by atoms with Crippen LogP contribution in [0, 0.1) is 23.3 Å². The fourth-order valence-electron chi connectivity index (χ4n) is 16.4. The number of aromatic nitrogens is 2. The molecule has 0 saturated heterocycles. The Labute approximate surface area is 621 Å². The first kappa shape index (κ1) is 64.7. The molecule has 0 N–H and O–H groups in total. The topological polar surface area (TPSA) is 16.3 Å². The Bertz CT molecular complexity index is 6810. The van der Waals surface area contributed by atoms with Crippen molar-refractivity contribution in [3.63, 3.8) is 0 Å². The Morgan fingerprint density at radius 2 is 0.491 bits per heavy atom. The van der Waals surface area contributed by atoms with Crippen molar-refractivity contribution in [1.29, 1.82) is 0 Å². The predicted octanol–water partition coefficient (Wildman–Crippen LogP) is 28.3. The third-order valence-corrected chi connectivity index (χ3v) is 20.9. The van der Waals surface area contributed by atoms with Crippen LogP contribution in [-0.4, -0.2) is 9.13 Å². The number of rotatable bonds is 12. The van der Waals surface area contributed by atoms with E-state index < -0.39 is 0 Å². The highest BCUT2D eigenvalue weighted by Gasteiger charge is 2.27. The molecule has 0 unspecified atom stereocenters. The molecule has 8 heteroatoms. The smallest absolute Gasteiger partial charge is 0.123 e. The lowest BCUT2D eigenvalue weighted by Gasteiger charge is -2.29. The van der Waals surface area contributed by atoms with Gasteiger partial charge >= 0.3 is 0 Å². The number of anilines is 6. The molecule has 108 heavy (non-hydrogen) atoms. The Morgan fingerprint density at radius 3 is 0.935 bits per heavy atom. The Balaban J connectivity index is 0.000000147. The third kappa shape index (κ3) is 11.3. The molecular formula is C100H64F4N4. The first-order valence-corrected chi connectivity index (χ1v) is 36.1. The van der Waals surface area contributed by atoms with Crippen LogP contribution >= 0.6 is 0 Å². The minimum absolute atomic E-state index is 0.296. The molecule has 2 heterocycles. The molecule has 0 fully saturated rings. The van der Waals surface area contributed by atoms with Crippen LogP contribution < -0.4 is 9.80 Å². The highest BCUT2D eigenvalue weighted by atomic mass is 19.1. The van der Waals surface area contributed by atoms with E-state index in [1.807, 2.05) is 84.9 Å². The maximum absolute atomic E-state index is 15.2. The van der Waals surface area contributed by atoms with Crippen molar-refractivity contribution in [2.45, 2.75) is 0 Å². The predicted molar refractivity (Wildman–Crippen MR) is 443 cm³/mol. The first-order chi connectivity index (χ1) is 53.3. The molecule has 4 nitrogen and oxygen atoms in total. The van der Waals surface area contributed by atoms with Crippen molar-refractivity contribution in [2.75, 3.05) is 9.80 Å². The van der Waals surface area contributed by atoms with Gasteiger partial charge in [-0.2, -0.15) is 0 Å². The maximum Gasteiger partial charge on any atom is 0.123 e. The number of para-hydroxylation sites is 6. The number of hydrogen-bond acceptors (Lipinski definition) is 2. The number of fused-ring (bicyclic) bond motifs is 10. The van der Waals surface area contributed by atoms with Gasteiger partial charge in [0.2, 0.25) is 0 Å². The van der Waals surface area contributed by atoms with Crippen molar-refractivity contribution < 1.29 is 17.6 Å². The summed E-state index contributed by atoms with van der Waals surface area (Å²) >= 11 is 0. The van der Waals surface area contributed by atoms with E-state index in [1.165, 1.54) is 29.7 Å². The van der Waals surface area contributed by atoms with Gasteiger partial charge in [-0.05, 0) is 246 Å².